The van der Waals surface area contributed by atoms with E-state index in [0.717, 1.165) is 23.3 Å². The van der Waals surface area contributed by atoms with E-state index < -0.39 is 0 Å². The van der Waals surface area contributed by atoms with Gasteiger partial charge in [0.25, 0.3) is 0 Å². The maximum absolute atomic E-state index is 4.30. The molecule has 0 spiro atoms. The molecule has 1 atom stereocenters. The monoisotopic (exact) mass is 307 g/mol. The first-order valence-corrected chi connectivity index (χ1v) is 6.97. The zero-order valence-electron chi connectivity index (χ0n) is 10.7. The number of H-pyrrole nitrogens is 1. The van der Waals surface area contributed by atoms with Crippen LogP contribution in [0.3, 0.4) is 0 Å². The summed E-state index contributed by atoms with van der Waals surface area (Å²) in [5.74, 6) is 1.00. The second-order valence-corrected chi connectivity index (χ2v) is 5.25. The summed E-state index contributed by atoms with van der Waals surface area (Å²) in [4.78, 5) is 7.47. The van der Waals surface area contributed by atoms with Crippen molar-refractivity contribution in [2.75, 3.05) is 0 Å². The van der Waals surface area contributed by atoms with Crippen LogP contribution in [0.15, 0.2) is 35.1 Å². The maximum atomic E-state index is 4.30. The normalized spacial score (nSPS) is 12.6. The highest BCUT2D eigenvalue weighted by atomic mass is 79.9. The Morgan fingerprint density at radius 3 is 2.89 bits per heavy atom. The van der Waals surface area contributed by atoms with Gasteiger partial charge in [-0.1, -0.05) is 35.0 Å². The van der Waals surface area contributed by atoms with Gasteiger partial charge in [0.05, 0.1) is 6.04 Å². The molecule has 2 N–H and O–H groups in total. The predicted octanol–water partition coefficient (Wildman–Crippen LogP) is 3.72. The Bertz CT molecular complexity index is 494. The van der Waals surface area contributed by atoms with Gasteiger partial charge in [0.15, 0.2) is 0 Å². The summed E-state index contributed by atoms with van der Waals surface area (Å²) in [6.45, 7) is 5.10. The molecule has 0 radical (unpaired) electrons. The van der Waals surface area contributed by atoms with Gasteiger partial charge in [-0.25, -0.2) is 4.98 Å². The fourth-order valence-electron chi connectivity index (χ4n) is 1.89. The highest BCUT2D eigenvalue weighted by Gasteiger charge is 2.10. The Hall–Kier alpha value is -1.13. The Morgan fingerprint density at radius 1 is 1.44 bits per heavy atom. The lowest BCUT2D eigenvalue weighted by Crippen LogP contribution is -2.21. The highest BCUT2D eigenvalue weighted by Crippen LogP contribution is 2.18. The van der Waals surface area contributed by atoms with E-state index in [9.17, 15) is 0 Å². The van der Waals surface area contributed by atoms with Crippen LogP contribution in [0.2, 0.25) is 0 Å². The van der Waals surface area contributed by atoms with E-state index in [1.807, 2.05) is 6.20 Å². The number of aromatic amines is 1. The molecule has 2 rings (SSSR count). The number of rotatable bonds is 5. The minimum atomic E-state index is 0.278. The Morgan fingerprint density at radius 2 is 2.28 bits per heavy atom. The standard InChI is InChI=1S/C14H18BrN3/c1-3-13(14-16-6-7-17-14)18-9-11-5-4-10(2)12(15)8-11/h4-8,13,18H,3,9H2,1-2H3,(H,16,17). The molecule has 0 aliphatic carbocycles. The summed E-state index contributed by atoms with van der Waals surface area (Å²) >= 11 is 3.56. The van der Waals surface area contributed by atoms with Crippen molar-refractivity contribution in [1.82, 2.24) is 15.3 Å². The number of halogens is 1. The van der Waals surface area contributed by atoms with E-state index >= 15 is 0 Å². The van der Waals surface area contributed by atoms with Crippen LogP contribution in [0.4, 0.5) is 0 Å². The molecule has 1 aromatic heterocycles. The number of hydrogen-bond acceptors (Lipinski definition) is 2. The summed E-state index contributed by atoms with van der Waals surface area (Å²) in [6, 6.07) is 6.73. The summed E-state index contributed by atoms with van der Waals surface area (Å²) in [5, 5.41) is 3.52. The van der Waals surface area contributed by atoms with Gasteiger partial charge in [-0.05, 0) is 30.5 Å². The molecule has 2 aromatic rings. The van der Waals surface area contributed by atoms with E-state index in [0.29, 0.717) is 0 Å². The number of hydrogen-bond donors (Lipinski definition) is 2. The van der Waals surface area contributed by atoms with E-state index in [1.54, 1.807) is 6.20 Å². The molecule has 96 valence electrons. The molecule has 1 unspecified atom stereocenters. The molecule has 0 saturated carbocycles. The molecule has 1 heterocycles. The third-order valence-electron chi connectivity index (χ3n) is 3.05. The quantitative estimate of drug-likeness (QED) is 0.884. The minimum Gasteiger partial charge on any atom is -0.347 e. The molecule has 0 amide bonds. The topological polar surface area (TPSA) is 40.7 Å². The van der Waals surface area contributed by atoms with Crippen molar-refractivity contribution >= 4 is 15.9 Å². The van der Waals surface area contributed by atoms with Crippen LogP contribution in [0.1, 0.15) is 36.3 Å². The highest BCUT2D eigenvalue weighted by molar-refractivity contribution is 9.10. The number of nitrogens with zero attached hydrogens (tertiary/aromatic N) is 1. The van der Waals surface area contributed by atoms with Crippen LogP contribution < -0.4 is 5.32 Å². The molecule has 0 saturated heterocycles. The van der Waals surface area contributed by atoms with Crippen molar-refractivity contribution in [2.45, 2.75) is 32.9 Å². The molecule has 0 aliphatic heterocycles. The van der Waals surface area contributed by atoms with Gasteiger partial charge in [0.1, 0.15) is 5.82 Å². The van der Waals surface area contributed by atoms with Crippen molar-refractivity contribution in [1.29, 1.82) is 0 Å². The van der Waals surface area contributed by atoms with Gasteiger partial charge >= 0.3 is 0 Å². The molecule has 0 aliphatic rings. The summed E-state index contributed by atoms with van der Waals surface area (Å²) in [7, 11) is 0. The van der Waals surface area contributed by atoms with Gasteiger partial charge in [0.2, 0.25) is 0 Å². The fourth-order valence-corrected chi connectivity index (χ4v) is 2.32. The molecule has 0 bridgehead atoms. The number of benzene rings is 1. The fraction of sp³-hybridized carbons (Fsp3) is 0.357. The first kappa shape index (κ1) is 13.3. The van der Waals surface area contributed by atoms with Crippen molar-refractivity contribution in [3.63, 3.8) is 0 Å². The zero-order chi connectivity index (χ0) is 13.0. The molecule has 1 aromatic carbocycles. The lowest BCUT2D eigenvalue weighted by Gasteiger charge is -2.15. The van der Waals surface area contributed by atoms with E-state index in [-0.39, 0.29) is 6.04 Å². The van der Waals surface area contributed by atoms with Crippen LogP contribution in [0, 0.1) is 6.92 Å². The zero-order valence-corrected chi connectivity index (χ0v) is 12.3. The van der Waals surface area contributed by atoms with E-state index in [4.69, 9.17) is 0 Å². The van der Waals surface area contributed by atoms with Crippen LogP contribution >= 0.6 is 15.9 Å². The molecule has 4 heteroatoms. The van der Waals surface area contributed by atoms with Crippen LogP contribution in [-0.2, 0) is 6.54 Å². The number of imidazole rings is 1. The van der Waals surface area contributed by atoms with Gasteiger partial charge < -0.3 is 10.3 Å². The van der Waals surface area contributed by atoms with Crippen LogP contribution in [0.25, 0.3) is 0 Å². The van der Waals surface area contributed by atoms with Gasteiger partial charge in [0, 0.05) is 23.4 Å². The van der Waals surface area contributed by atoms with Crippen LogP contribution in [-0.4, -0.2) is 9.97 Å². The summed E-state index contributed by atoms with van der Waals surface area (Å²) < 4.78 is 1.16. The number of aryl methyl sites for hydroxylation is 1. The van der Waals surface area contributed by atoms with E-state index in [1.165, 1.54) is 11.1 Å². The maximum Gasteiger partial charge on any atom is 0.123 e. The minimum absolute atomic E-state index is 0.278. The number of aromatic nitrogens is 2. The molecule has 3 nitrogen and oxygen atoms in total. The lowest BCUT2D eigenvalue weighted by molar-refractivity contribution is 0.498. The second-order valence-electron chi connectivity index (χ2n) is 4.40. The SMILES string of the molecule is CCC(NCc1ccc(C)c(Br)c1)c1ncc[nH]1. The van der Waals surface area contributed by atoms with Crippen LogP contribution in [0.5, 0.6) is 0 Å². The van der Waals surface area contributed by atoms with Crippen molar-refractivity contribution < 1.29 is 0 Å². The average molecular weight is 308 g/mol. The molecule has 18 heavy (non-hydrogen) atoms. The van der Waals surface area contributed by atoms with Crippen molar-refractivity contribution in [3.8, 4) is 0 Å². The third-order valence-corrected chi connectivity index (χ3v) is 3.90. The molecular weight excluding hydrogens is 290 g/mol. The largest absolute Gasteiger partial charge is 0.347 e. The van der Waals surface area contributed by atoms with Gasteiger partial charge in [-0.15, -0.1) is 0 Å². The predicted molar refractivity (Wildman–Crippen MR) is 77.3 cm³/mol. The lowest BCUT2D eigenvalue weighted by atomic mass is 10.1. The Labute approximate surface area is 116 Å². The second kappa shape index (κ2) is 6.16. The number of nitrogens with one attached hydrogen (secondary N) is 2. The Balaban J connectivity index is 1.99. The van der Waals surface area contributed by atoms with Gasteiger partial charge in [-0.2, -0.15) is 0 Å². The smallest absolute Gasteiger partial charge is 0.123 e. The summed E-state index contributed by atoms with van der Waals surface area (Å²) in [5.41, 5.74) is 2.54. The van der Waals surface area contributed by atoms with Gasteiger partial charge in [-0.3, -0.25) is 0 Å². The Kier molecular flexibility index (Phi) is 4.55. The first-order chi connectivity index (χ1) is 8.70. The van der Waals surface area contributed by atoms with E-state index in [2.05, 4.69) is 63.3 Å². The average Bonchev–Trinajstić information content (AvgIpc) is 2.88. The first-order valence-electron chi connectivity index (χ1n) is 6.18. The third kappa shape index (κ3) is 3.21. The molecule has 0 fully saturated rings. The summed E-state index contributed by atoms with van der Waals surface area (Å²) in [6.07, 6.45) is 4.67. The molecular formula is C14H18BrN3. The van der Waals surface area contributed by atoms with Crippen molar-refractivity contribution in [2.24, 2.45) is 0 Å². The van der Waals surface area contributed by atoms with Crippen molar-refractivity contribution in [3.05, 3.63) is 52.0 Å².